The number of likely N-dealkylation sites (tertiary alicyclic amines) is 1. The number of piperidine rings is 1. The molecule has 0 aromatic heterocycles. The monoisotopic (exact) mass is 270 g/mol. The fourth-order valence-electron chi connectivity index (χ4n) is 3.44. The van der Waals surface area contributed by atoms with Crippen molar-refractivity contribution in [2.45, 2.75) is 38.8 Å². The van der Waals surface area contributed by atoms with Crippen molar-refractivity contribution in [2.75, 3.05) is 39.4 Å². The highest BCUT2D eigenvalue weighted by atomic mass is 16.5. The molecular weight excluding hydrogens is 244 g/mol. The number of ether oxygens (including phenoxy) is 1. The summed E-state index contributed by atoms with van der Waals surface area (Å²) >= 11 is 0. The van der Waals surface area contributed by atoms with E-state index in [0.717, 1.165) is 39.0 Å². The first kappa shape index (κ1) is 14.8. The van der Waals surface area contributed by atoms with Crippen molar-refractivity contribution in [3.8, 4) is 0 Å². The van der Waals surface area contributed by atoms with Crippen molar-refractivity contribution in [2.24, 2.45) is 5.92 Å². The van der Waals surface area contributed by atoms with Gasteiger partial charge in [-0.3, -0.25) is 9.69 Å². The molecule has 5 nitrogen and oxygen atoms in total. The third-order valence-corrected chi connectivity index (χ3v) is 4.63. The van der Waals surface area contributed by atoms with Crippen LogP contribution in [0.2, 0.25) is 0 Å². The Kier molecular flexibility index (Phi) is 5.19. The largest absolute Gasteiger partial charge is 0.481 e. The summed E-state index contributed by atoms with van der Waals surface area (Å²) in [6.07, 6.45) is 2.29. The molecule has 110 valence electrons. The van der Waals surface area contributed by atoms with Gasteiger partial charge in [-0.2, -0.15) is 0 Å². The summed E-state index contributed by atoms with van der Waals surface area (Å²) in [5.41, 5.74) is 0. The van der Waals surface area contributed by atoms with E-state index in [2.05, 4.69) is 23.6 Å². The van der Waals surface area contributed by atoms with Gasteiger partial charge < -0.3 is 14.7 Å². The van der Waals surface area contributed by atoms with Crippen LogP contribution in [-0.2, 0) is 9.53 Å². The van der Waals surface area contributed by atoms with Gasteiger partial charge in [-0.1, -0.05) is 13.8 Å². The van der Waals surface area contributed by atoms with Crippen molar-refractivity contribution in [3.63, 3.8) is 0 Å². The van der Waals surface area contributed by atoms with Crippen molar-refractivity contribution < 1.29 is 14.6 Å². The Balaban J connectivity index is 1.98. The van der Waals surface area contributed by atoms with Crippen LogP contribution in [0.4, 0.5) is 0 Å². The molecule has 2 aliphatic heterocycles. The minimum atomic E-state index is -0.716. The van der Waals surface area contributed by atoms with Crippen LogP contribution in [0.1, 0.15) is 26.7 Å². The maximum atomic E-state index is 11.3. The second-order valence-electron chi connectivity index (χ2n) is 5.55. The van der Waals surface area contributed by atoms with E-state index in [1.807, 2.05) is 0 Å². The van der Waals surface area contributed by atoms with E-state index in [1.165, 1.54) is 0 Å². The minimum Gasteiger partial charge on any atom is -0.481 e. The SMILES string of the molecule is CCN1CCC(N(CC)C2COCC2C(=O)O)CC1. The first-order chi connectivity index (χ1) is 9.17. The van der Waals surface area contributed by atoms with E-state index in [9.17, 15) is 9.90 Å². The molecule has 0 aromatic rings. The lowest BCUT2D eigenvalue weighted by atomic mass is 9.96. The average Bonchev–Trinajstić information content (AvgIpc) is 2.90. The van der Waals surface area contributed by atoms with Crippen LogP contribution in [0.5, 0.6) is 0 Å². The highest BCUT2D eigenvalue weighted by Gasteiger charge is 2.40. The zero-order chi connectivity index (χ0) is 13.8. The van der Waals surface area contributed by atoms with Crippen LogP contribution in [0.3, 0.4) is 0 Å². The number of hydrogen-bond donors (Lipinski definition) is 1. The third-order valence-electron chi connectivity index (χ3n) is 4.63. The third kappa shape index (κ3) is 3.27. The summed E-state index contributed by atoms with van der Waals surface area (Å²) in [6.45, 7) is 9.54. The second kappa shape index (κ2) is 6.68. The highest BCUT2D eigenvalue weighted by molar-refractivity contribution is 5.71. The topological polar surface area (TPSA) is 53.0 Å². The Morgan fingerprint density at radius 1 is 1.32 bits per heavy atom. The molecule has 0 aromatic carbocycles. The molecule has 0 amide bonds. The van der Waals surface area contributed by atoms with Crippen molar-refractivity contribution in [1.29, 1.82) is 0 Å². The average molecular weight is 270 g/mol. The number of nitrogens with zero attached hydrogens (tertiary/aromatic N) is 2. The Bertz CT molecular complexity index is 303. The number of aliphatic carboxylic acids is 1. The first-order valence-electron chi connectivity index (χ1n) is 7.46. The van der Waals surface area contributed by atoms with Crippen LogP contribution in [0, 0.1) is 5.92 Å². The molecule has 19 heavy (non-hydrogen) atoms. The maximum Gasteiger partial charge on any atom is 0.310 e. The van der Waals surface area contributed by atoms with Gasteiger partial charge in [0.25, 0.3) is 0 Å². The molecule has 2 fully saturated rings. The molecule has 2 saturated heterocycles. The molecular formula is C14H26N2O3. The Morgan fingerprint density at radius 3 is 2.53 bits per heavy atom. The predicted molar refractivity (Wildman–Crippen MR) is 73.2 cm³/mol. The van der Waals surface area contributed by atoms with Gasteiger partial charge in [0.15, 0.2) is 0 Å². The van der Waals surface area contributed by atoms with Crippen molar-refractivity contribution in [3.05, 3.63) is 0 Å². The van der Waals surface area contributed by atoms with Gasteiger partial charge >= 0.3 is 5.97 Å². The fraction of sp³-hybridized carbons (Fsp3) is 0.929. The van der Waals surface area contributed by atoms with E-state index in [-0.39, 0.29) is 12.0 Å². The Morgan fingerprint density at radius 2 is 2.00 bits per heavy atom. The van der Waals surface area contributed by atoms with Crippen LogP contribution < -0.4 is 0 Å². The van der Waals surface area contributed by atoms with Gasteiger partial charge in [0.1, 0.15) is 0 Å². The first-order valence-corrected chi connectivity index (χ1v) is 7.46. The zero-order valence-electron chi connectivity index (χ0n) is 12.0. The molecule has 0 aliphatic carbocycles. The summed E-state index contributed by atoms with van der Waals surface area (Å²) in [4.78, 5) is 16.1. The molecule has 1 N–H and O–H groups in total. The molecule has 2 rings (SSSR count). The van der Waals surface area contributed by atoms with E-state index in [1.54, 1.807) is 0 Å². The number of carboxylic acids is 1. The number of carbonyl (C=O) groups is 1. The fourth-order valence-corrected chi connectivity index (χ4v) is 3.44. The van der Waals surface area contributed by atoms with E-state index in [4.69, 9.17) is 4.74 Å². The van der Waals surface area contributed by atoms with Crippen LogP contribution in [0.25, 0.3) is 0 Å². The minimum absolute atomic E-state index is 0.0562. The molecule has 0 bridgehead atoms. The normalized spacial score (nSPS) is 30.1. The predicted octanol–water partition coefficient (Wildman–Crippen LogP) is 0.892. The number of likely N-dealkylation sites (N-methyl/N-ethyl adjacent to an activating group) is 1. The van der Waals surface area contributed by atoms with Crippen LogP contribution in [0.15, 0.2) is 0 Å². The van der Waals surface area contributed by atoms with Crippen molar-refractivity contribution >= 4 is 5.97 Å². The summed E-state index contributed by atoms with van der Waals surface area (Å²) < 4.78 is 5.41. The van der Waals surface area contributed by atoms with Crippen molar-refractivity contribution in [1.82, 2.24) is 9.80 Å². The molecule has 5 heteroatoms. The van der Waals surface area contributed by atoms with Gasteiger partial charge in [-0.15, -0.1) is 0 Å². The highest BCUT2D eigenvalue weighted by Crippen LogP contribution is 2.26. The Hall–Kier alpha value is -0.650. The number of hydrogen-bond acceptors (Lipinski definition) is 4. The number of rotatable bonds is 5. The number of carboxylic acid groups (broad SMARTS) is 1. The Labute approximate surface area is 115 Å². The standard InChI is InChI=1S/C14H26N2O3/c1-3-15-7-5-11(6-8-15)16(4-2)13-10-19-9-12(13)14(17)18/h11-13H,3-10H2,1-2H3,(H,17,18). The van der Waals surface area contributed by atoms with E-state index >= 15 is 0 Å². The van der Waals surface area contributed by atoms with Gasteiger partial charge in [0.05, 0.1) is 19.1 Å². The molecule has 2 aliphatic rings. The van der Waals surface area contributed by atoms with E-state index < -0.39 is 5.97 Å². The summed E-state index contributed by atoms with van der Waals surface area (Å²) in [6, 6.07) is 0.571. The van der Waals surface area contributed by atoms with Gasteiger partial charge in [0.2, 0.25) is 0 Å². The lowest BCUT2D eigenvalue weighted by Gasteiger charge is -2.41. The lowest BCUT2D eigenvalue weighted by Crippen LogP contribution is -2.52. The molecule has 2 heterocycles. The van der Waals surface area contributed by atoms with Gasteiger partial charge in [-0.25, -0.2) is 0 Å². The lowest BCUT2D eigenvalue weighted by molar-refractivity contribution is -0.143. The molecule has 0 saturated carbocycles. The summed E-state index contributed by atoms with van der Waals surface area (Å²) in [5, 5.41) is 9.29. The zero-order valence-corrected chi connectivity index (χ0v) is 12.0. The van der Waals surface area contributed by atoms with Gasteiger partial charge in [0, 0.05) is 12.1 Å². The smallest absolute Gasteiger partial charge is 0.310 e. The molecule has 0 spiro atoms. The van der Waals surface area contributed by atoms with E-state index in [0.29, 0.717) is 19.3 Å². The van der Waals surface area contributed by atoms with Crippen LogP contribution >= 0.6 is 0 Å². The summed E-state index contributed by atoms with van der Waals surface area (Å²) in [7, 11) is 0. The van der Waals surface area contributed by atoms with Gasteiger partial charge in [-0.05, 0) is 39.0 Å². The summed E-state index contributed by atoms with van der Waals surface area (Å²) in [5.74, 6) is -1.07. The maximum absolute atomic E-state index is 11.3. The second-order valence-corrected chi connectivity index (χ2v) is 5.55. The molecule has 0 radical (unpaired) electrons. The molecule has 2 atom stereocenters. The molecule has 2 unspecified atom stereocenters. The quantitative estimate of drug-likeness (QED) is 0.804. The van der Waals surface area contributed by atoms with Crippen LogP contribution in [-0.4, -0.2) is 72.4 Å².